The molecule has 0 heterocycles. The van der Waals surface area contributed by atoms with Crippen molar-refractivity contribution in [2.24, 2.45) is 0 Å². The van der Waals surface area contributed by atoms with Gasteiger partial charge in [-0.25, -0.2) is 9.59 Å². The number of likely N-dealkylation sites (N-methyl/N-ethyl adjacent to an activating group) is 2. The first kappa shape index (κ1) is 23.2. The fourth-order valence-corrected chi connectivity index (χ4v) is 2.45. The summed E-state index contributed by atoms with van der Waals surface area (Å²) >= 11 is 0. The minimum Gasteiger partial charge on any atom is -0.460 e. The maximum Gasteiger partial charge on any atom is 0.410 e. The van der Waals surface area contributed by atoms with E-state index in [0.29, 0.717) is 0 Å². The van der Waals surface area contributed by atoms with Crippen molar-refractivity contribution in [2.45, 2.75) is 38.6 Å². The van der Waals surface area contributed by atoms with Gasteiger partial charge in [0.05, 0.1) is 6.10 Å². The van der Waals surface area contributed by atoms with Crippen LogP contribution in [0.15, 0.2) is 43.0 Å². The van der Waals surface area contributed by atoms with Gasteiger partial charge in [0.25, 0.3) is 0 Å². The molecule has 0 aliphatic carbocycles. The van der Waals surface area contributed by atoms with Crippen LogP contribution in [-0.2, 0) is 25.7 Å². The number of aliphatic hydroxyl groups excluding tert-OH is 1. The Hall–Kier alpha value is -2.87. The van der Waals surface area contributed by atoms with E-state index >= 15 is 0 Å². The molecule has 2 amide bonds. The van der Waals surface area contributed by atoms with E-state index in [1.165, 1.54) is 34.0 Å². The van der Waals surface area contributed by atoms with Crippen LogP contribution in [0.5, 0.6) is 0 Å². The summed E-state index contributed by atoms with van der Waals surface area (Å²) in [5, 5.41) is 10.1. The zero-order valence-corrected chi connectivity index (χ0v) is 16.7. The molecule has 0 spiro atoms. The van der Waals surface area contributed by atoms with Crippen molar-refractivity contribution < 1.29 is 29.0 Å². The zero-order chi connectivity index (χ0) is 21.3. The normalized spacial score (nSPS) is 13.6. The highest BCUT2D eigenvalue weighted by molar-refractivity contribution is 5.89. The molecule has 0 bridgehead atoms. The molecule has 8 heteroatoms. The quantitative estimate of drug-likeness (QED) is 0.506. The fraction of sp³-hybridized carbons (Fsp3) is 0.450. The summed E-state index contributed by atoms with van der Waals surface area (Å²) in [6, 6.07) is 6.96. The molecular weight excluding hydrogens is 364 g/mol. The van der Waals surface area contributed by atoms with Gasteiger partial charge in [-0.2, -0.15) is 0 Å². The number of benzene rings is 1. The lowest BCUT2D eigenvalue weighted by molar-refractivity contribution is -0.155. The first-order valence-electron chi connectivity index (χ1n) is 8.86. The molecule has 0 fully saturated rings. The van der Waals surface area contributed by atoms with Crippen molar-refractivity contribution in [3.8, 4) is 0 Å². The number of carbonyl (C=O) groups excluding carboxylic acids is 3. The Morgan fingerprint density at radius 1 is 1.11 bits per heavy atom. The molecule has 154 valence electrons. The minimum absolute atomic E-state index is 0.0246. The number of hydrogen-bond donors (Lipinski definition) is 1. The van der Waals surface area contributed by atoms with E-state index in [1.807, 2.05) is 18.2 Å². The number of hydrogen-bond acceptors (Lipinski definition) is 6. The van der Waals surface area contributed by atoms with E-state index in [0.717, 1.165) is 15.4 Å². The fourth-order valence-electron chi connectivity index (χ4n) is 2.45. The molecule has 1 aromatic rings. The average molecular weight is 392 g/mol. The Morgan fingerprint density at radius 2 is 1.71 bits per heavy atom. The van der Waals surface area contributed by atoms with Crippen LogP contribution in [0.4, 0.5) is 4.79 Å². The van der Waals surface area contributed by atoms with Gasteiger partial charge in [0.2, 0.25) is 5.91 Å². The maximum atomic E-state index is 12.8. The Labute approximate surface area is 165 Å². The van der Waals surface area contributed by atoms with Gasteiger partial charge in [0, 0.05) is 14.1 Å². The SMILES string of the molecule is C=CCOC(=O)[C@H](C)N(C)C(=O)[C@H]([C@@H](C)O)N(C)C(=O)OCc1ccccc1. The number of carbonyl (C=O) groups is 3. The zero-order valence-electron chi connectivity index (χ0n) is 16.7. The monoisotopic (exact) mass is 392 g/mol. The first-order chi connectivity index (χ1) is 13.2. The number of aliphatic hydroxyl groups is 1. The van der Waals surface area contributed by atoms with Gasteiger partial charge in [0.1, 0.15) is 25.3 Å². The molecule has 8 nitrogen and oxygen atoms in total. The average Bonchev–Trinajstić information content (AvgIpc) is 2.69. The topological polar surface area (TPSA) is 96.4 Å². The molecule has 1 N–H and O–H groups in total. The van der Waals surface area contributed by atoms with Crippen molar-refractivity contribution >= 4 is 18.0 Å². The lowest BCUT2D eigenvalue weighted by Gasteiger charge is -2.33. The Morgan fingerprint density at radius 3 is 2.25 bits per heavy atom. The molecule has 0 aliphatic heterocycles. The predicted octanol–water partition coefficient (Wildman–Crippen LogP) is 1.58. The second-order valence-electron chi connectivity index (χ2n) is 6.38. The van der Waals surface area contributed by atoms with Crippen molar-refractivity contribution in [2.75, 3.05) is 20.7 Å². The molecule has 28 heavy (non-hydrogen) atoms. The van der Waals surface area contributed by atoms with E-state index in [-0.39, 0.29) is 13.2 Å². The third-order valence-electron chi connectivity index (χ3n) is 4.23. The molecule has 0 aromatic heterocycles. The van der Waals surface area contributed by atoms with Crippen LogP contribution in [0.25, 0.3) is 0 Å². The highest BCUT2D eigenvalue weighted by Crippen LogP contribution is 2.12. The van der Waals surface area contributed by atoms with Gasteiger partial charge in [-0.05, 0) is 19.4 Å². The molecule has 0 aliphatic rings. The third-order valence-corrected chi connectivity index (χ3v) is 4.23. The van der Waals surface area contributed by atoms with Crippen LogP contribution in [0, 0.1) is 0 Å². The summed E-state index contributed by atoms with van der Waals surface area (Å²) in [7, 11) is 2.76. The van der Waals surface area contributed by atoms with Crippen molar-refractivity contribution in [1.82, 2.24) is 9.80 Å². The lowest BCUT2D eigenvalue weighted by Crippen LogP contribution is -2.56. The number of ether oxygens (including phenoxy) is 2. The van der Waals surface area contributed by atoms with Crippen LogP contribution < -0.4 is 0 Å². The Balaban J connectivity index is 2.80. The van der Waals surface area contributed by atoms with E-state index in [2.05, 4.69) is 6.58 Å². The summed E-state index contributed by atoms with van der Waals surface area (Å²) < 4.78 is 10.2. The molecular formula is C20H28N2O6. The van der Waals surface area contributed by atoms with Gasteiger partial charge < -0.3 is 19.5 Å². The van der Waals surface area contributed by atoms with Crippen LogP contribution in [-0.4, -0.2) is 71.8 Å². The van der Waals surface area contributed by atoms with Gasteiger partial charge in [-0.15, -0.1) is 0 Å². The smallest absolute Gasteiger partial charge is 0.410 e. The third kappa shape index (κ3) is 6.38. The van der Waals surface area contributed by atoms with Crippen LogP contribution >= 0.6 is 0 Å². The largest absolute Gasteiger partial charge is 0.460 e. The molecule has 1 rings (SSSR count). The van der Waals surface area contributed by atoms with Crippen molar-refractivity contribution in [1.29, 1.82) is 0 Å². The number of rotatable bonds is 9. The summed E-state index contributed by atoms with van der Waals surface area (Å²) in [4.78, 5) is 39.3. The highest BCUT2D eigenvalue weighted by atomic mass is 16.6. The summed E-state index contributed by atoms with van der Waals surface area (Å²) in [6.07, 6.45) is -0.527. The molecule has 0 radical (unpaired) electrons. The van der Waals surface area contributed by atoms with Crippen molar-refractivity contribution in [3.05, 3.63) is 48.6 Å². The molecule has 1 aromatic carbocycles. The summed E-state index contributed by atoms with van der Waals surface area (Å²) in [5.41, 5.74) is 0.792. The van der Waals surface area contributed by atoms with E-state index in [1.54, 1.807) is 12.1 Å². The maximum absolute atomic E-state index is 12.8. The summed E-state index contributed by atoms with van der Waals surface area (Å²) in [6.45, 7) is 6.40. The van der Waals surface area contributed by atoms with Crippen LogP contribution in [0.3, 0.4) is 0 Å². The second kappa shape index (κ2) is 11.1. The lowest BCUT2D eigenvalue weighted by atomic mass is 10.1. The van der Waals surface area contributed by atoms with Gasteiger partial charge in [-0.1, -0.05) is 43.0 Å². The number of esters is 1. The van der Waals surface area contributed by atoms with Crippen molar-refractivity contribution in [3.63, 3.8) is 0 Å². The van der Waals surface area contributed by atoms with E-state index in [9.17, 15) is 19.5 Å². The van der Waals surface area contributed by atoms with E-state index < -0.39 is 36.2 Å². The minimum atomic E-state index is -1.22. The number of nitrogens with zero attached hydrogens (tertiary/aromatic N) is 2. The molecule has 3 atom stereocenters. The molecule has 0 unspecified atom stereocenters. The van der Waals surface area contributed by atoms with E-state index in [4.69, 9.17) is 9.47 Å². The first-order valence-corrected chi connectivity index (χ1v) is 8.86. The Kier molecular flexibility index (Phi) is 9.17. The Bertz CT molecular complexity index is 677. The highest BCUT2D eigenvalue weighted by Gasteiger charge is 2.37. The standard InChI is InChI=1S/C20H28N2O6/c1-6-12-27-19(25)14(2)21(4)18(24)17(15(3)23)22(5)20(26)28-13-16-10-8-7-9-11-16/h6-11,14-15,17,23H,1,12-13H2,2-5H3/t14-,15+,17-/m0/s1. The van der Waals surface area contributed by atoms with Gasteiger partial charge in [0.15, 0.2) is 0 Å². The summed E-state index contributed by atoms with van der Waals surface area (Å²) in [5.74, 6) is -1.23. The second-order valence-corrected chi connectivity index (χ2v) is 6.38. The van der Waals surface area contributed by atoms with Crippen LogP contribution in [0.2, 0.25) is 0 Å². The predicted molar refractivity (Wildman–Crippen MR) is 103 cm³/mol. The number of amides is 2. The van der Waals surface area contributed by atoms with Gasteiger partial charge in [-0.3, -0.25) is 9.69 Å². The van der Waals surface area contributed by atoms with Crippen LogP contribution in [0.1, 0.15) is 19.4 Å². The molecule has 0 saturated heterocycles. The molecule has 0 saturated carbocycles. The van der Waals surface area contributed by atoms with Gasteiger partial charge >= 0.3 is 12.1 Å².